The Bertz CT molecular complexity index is 438. The summed E-state index contributed by atoms with van der Waals surface area (Å²) in [5, 5.41) is 3.38. The van der Waals surface area contributed by atoms with Crippen LogP contribution in [-0.4, -0.2) is 27.6 Å². The SMILES string of the molecule is CCCCCC(C)(C)CNc1nc(Cl)nc(OC(C)C)n1. The predicted octanol–water partition coefficient (Wildman–Crippen LogP) is 4.33. The molecule has 0 saturated carbocycles. The summed E-state index contributed by atoms with van der Waals surface area (Å²) in [6.45, 7) is 11.3. The topological polar surface area (TPSA) is 59.9 Å². The van der Waals surface area contributed by atoms with Crippen molar-refractivity contribution >= 4 is 17.5 Å². The van der Waals surface area contributed by atoms with Crippen molar-refractivity contribution < 1.29 is 4.74 Å². The van der Waals surface area contributed by atoms with Crippen LogP contribution < -0.4 is 10.1 Å². The third-order valence-corrected chi connectivity index (χ3v) is 3.28. The quantitative estimate of drug-likeness (QED) is 0.687. The Balaban J connectivity index is 2.59. The third-order valence-electron chi connectivity index (χ3n) is 3.11. The lowest BCUT2D eigenvalue weighted by atomic mass is 9.87. The molecule has 0 spiro atoms. The van der Waals surface area contributed by atoms with E-state index in [1.54, 1.807) is 0 Å². The first-order valence-electron chi connectivity index (χ1n) is 7.64. The van der Waals surface area contributed by atoms with Crippen molar-refractivity contribution in [3.8, 4) is 6.01 Å². The van der Waals surface area contributed by atoms with E-state index in [9.17, 15) is 0 Å². The van der Waals surface area contributed by atoms with Crippen LogP contribution in [0.1, 0.15) is 60.3 Å². The van der Waals surface area contributed by atoms with Crippen molar-refractivity contribution in [1.29, 1.82) is 0 Å². The van der Waals surface area contributed by atoms with Crippen LogP contribution in [0.15, 0.2) is 0 Å². The number of unbranched alkanes of at least 4 members (excludes halogenated alkanes) is 2. The van der Waals surface area contributed by atoms with Crippen LogP contribution in [0.4, 0.5) is 5.95 Å². The molecule has 1 aromatic heterocycles. The number of aromatic nitrogens is 3. The first-order valence-corrected chi connectivity index (χ1v) is 8.02. The van der Waals surface area contributed by atoms with E-state index in [-0.39, 0.29) is 22.8 Å². The highest BCUT2D eigenvalue weighted by molar-refractivity contribution is 6.28. The van der Waals surface area contributed by atoms with Gasteiger partial charge in [-0.15, -0.1) is 0 Å². The number of hydrogen-bond donors (Lipinski definition) is 1. The molecule has 0 radical (unpaired) electrons. The molecule has 1 N–H and O–H groups in total. The molecule has 0 fully saturated rings. The van der Waals surface area contributed by atoms with Gasteiger partial charge in [-0.05, 0) is 37.3 Å². The summed E-state index contributed by atoms with van der Waals surface area (Å²) in [4.78, 5) is 12.3. The Kier molecular flexibility index (Phi) is 7.15. The van der Waals surface area contributed by atoms with Crippen molar-refractivity contribution in [2.24, 2.45) is 5.41 Å². The monoisotopic (exact) mass is 314 g/mol. The van der Waals surface area contributed by atoms with Crippen LogP contribution in [-0.2, 0) is 0 Å². The summed E-state index contributed by atoms with van der Waals surface area (Å²) in [7, 11) is 0. The number of halogens is 1. The zero-order valence-corrected chi connectivity index (χ0v) is 14.5. The van der Waals surface area contributed by atoms with Crippen molar-refractivity contribution in [3.05, 3.63) is 5.28 Å². The first kappa shape index (κ1) is 18.0. The molecular formula is C15H27ClN4O. The van der Waals surface area contributed by atoms with Crippen LogP contribution in [0.3, 0.4) is 0 Å². The molecule has 0 saturated heterocycles. The van der Waals surface area contributed by atoms with Gasteiger partial charge in [0.25, 0.3) is 0 Å². The zero-order chi connectivity index (χ0) is 15.9. The summed E-state index contributed by atoms with van der Waals surface area (Å²) in [6, 6.07) is 0.260. The molecule has 1 rings (SSSR count). The van der Waals surface area contributed by atoms with E-state index in [1.165, 1.54) is 25.7 Å². The Morgan fingerprint density at radius 3 is 2.52 bits per heavy atom. The van der Waals surface area contributed by atoms with Gasteiger partial charge in [-0.3, -0.25) is 0 Å². The van der Waals surface area contributed by atoms with Crippen molar-refractivity contribution in [2.45, 2.75) is 66.4 Å². The van der Waals surface area contributed by atoms with Gasteiger partial charge in [-0.25, -0.2) is 0 Å². The first-order chi connectivity index (χ1) is 9.82. The molecule has 0 aliphatic rings. The molecule has 0 aliphatic heterocycles. The van der Waals surface area contributed by atoms with E-state index >= 15 is 0 Å². The van der Waals surface area contributed by atoms with E-state index in [0.29, 0.717) is 5.95 Å². The van der Waals surface area contributed by atoms with Crippen molar-refractivity contribution in [3.63, 3.8) is 0 Å². The van der Waals surface area contributed by atoms with Crippen LogP contribution in [0.2, 0.25) is 5.28 Å². The second kappa shape index (κ2) is 8.37. The maximum atomic E-state index is 5.90. The lowest BCUT2D eigenvalue weighted by Gasteiger charge is -2.25. The van der Waals surface area contributed by atoms with E-state index in [0.717, 1.165) is 6.54 Å². The van der Waals surface area contributed by atoms with Crippen LogP contribution >= 0.6 is 11.6 Å². The Hall–Kier alpha value is -1.10. The van der Waals surface area contributed by atoms with Gasteiger partial charge in [0.15, 0.2) is 0 Å². The Morgan fingerprint density at radius 2 is 1.90 bits per heavy atom. The highest BCUT2D eigenvalue weighted by atomic mass is 35.5. The molecule has 0 bridgehead atoms. The molecule has 21 heavy (non-hydrogen) atoms. The molecule has 1 aromatic rings. The number of ether oxygens (including phenoxy) is 1. The van der Waals surface area contributed by atoms with E-state index < -0.39 is 0 Å². The van der Waals surface area contributed by atoms with Crippen molar-refractivity contribution in [2.75, 3.05) is 11.9 Å². The van der Waals surface area contributed by atoms with Crippen LogP contribution in [0, 0.1) is 5.41 Å². The summed E-state index contributed by atoms with van der Waals surface area (Å²) < 4.78 is 5.46. The fourth-order valence-electron chi connectivity index (χ4n) is 1.93. The minimum absolute atomic E-state index is 0.00167. The molecule has 0 aromatic carbocycles. The van der Waals surface area contributed by atoms with Gasteiger partial charge < -0.3 is 10.1 Å². The normalized spacial score (nSPS) is 11.8. The minimum atomic E-state index is 0.00167. The lowest BCUT2D eigenvalue weighted by molar-refractivity contribution is 0.221. The van der Waals surface area contributed by atoms with E-state index in [1.807, 2.05) is 13.8 Å². The second-order valence-corrected chi connectivity index (χ2v) is 6.69. The van der Waals surface area contributed by atoms with E-state index in [2.05, 4.69) is 41.0 Å². The maximum Gasteiger partial charge on any atom is 0.322 e. The highest BCUT2D eigenvalue weighted by Crippen LogP contribution is 2.24. The number of rotatable bonds is 9. The molecular weight excluding hydrogens is 288 g/mol. The van der Waals surface area contributed by atoms with Crippen LogP contribution in [0.25, 0.3) is 0 Å². The maximum absolute atomic E-state index is 5.90. The number of anilines is 1. The van der Waals surface area contributed by atoms with Gasteiger partial charge in [0, 0.05) is 6.54 Å². The van der Waals surface area contributed by atoms with Gasteiger partial charge in [0.1, 0.15) is 0 Å². The molecule has 6 heteroatoms. The van der Waals surface area contributed by atoms with Gasteiger partial charge in [0.05, 0.1) is 6.10 Å². The predicted molar refractivity (Wildman–Crippen MR) is 87.0 cm³/mol. The molecule has 1 heterocycles. The Labute approximate surface area is 132 Å². The summed E-state index contributed by atoms with van der Waals surface area (Å²) in [6.07, 6.45) is 4.92. The lowest BCUT2D eigenvalue weighted by Crippen LogP contribution is -2.24. The average molecular weight is 315 g/mol. The molecule has 120 valence electrons. The molecule has 0 unspecified atom stereocenters. The Morgan fingerprint density at radius 1 is 1.19 bits per heavy atom. The smallest absolute Gasteiger partial charge is 0.322 e. The molecule has 0 atom stereocenters. The summed E-state index contributed by atoms with van der Waals surface area (Å²) in [5.41, 5.74) is 0.188. The number of nitrogens with zero attached hydrogens (tertiary/aromatic N) is 3. The molecule has 0 amide bonds. The fraction of sp³-hybridized carbons (Fsp3) is 0.800. The average Bonchev–Trinajstić information content (AvgIpc) is 2.35. The standard InChI is InChI=1S/C15H27ClN4O/c1-6-7-8-9-15(4,5)10-17-13-18-12(16)19-14(20-13)21-11(2)3/h11H,6-10H2,1-5H3,(H,17,18,19,20). The number of nitrogens with one attached hydrogen (secondary N) is 1. The van der Waals surface area contributed by atoms with Gasteiger partial charge >= 0.3 is 6.01 Å². The zero-order valence-electron chi connectivity index (χ0n) is 13.7. The van der Waals surface area contributed by atoms with Crippen molar-refractivity contribution in [1.82, 2.24) is 15.0 Å². The van der Waals surface area contributed by atoms with Crippen LogP contribution in [0.5, 0.6) is 6.01 Å². The molecule has 5 nitrogen and oxygen atoms in total. The van der Waals surface area contributed by atoms with Gasteiger partial charge in [0.2, 0.25) is 11.2 Å². The third kappa shape index (κ3) is 7.46. The summed E-state index contributed by atoms with van der Waals surface area (Å²) in [5.74, 6) is 0.467. The van der Waals surface area contributed by atoms with Gasteiger partial charge in [-0.2, -0.15) is 15.0 Å². The van der Waals surface area contributed by atoms with Gasteiger partial charge in [-0.1, -0.05) is 40.0 Å². The number of hydrogen-bond acceptors (Lipinski definition) is 5. The minimum Gasteiger partial charge on any atom is -0.461 e. The van der Waals surface area contributed by atoms with E-state index in [4.69, 9.17) is 16.3 Å². The second-order valence-electron chi connectivity index (χ2n) is 6.35. The molecule has 0 aliphatic carbocycles. The summed E-state index contributed by atoms with van der Waals surface area (Å²) >= 11 is 5.90. The largest absolute Gasteiger partial charge is 0.461 e. The fourth-order valence-corrected chi connectivity index (χ4v) is 2.09. The highest BCUT2D eigenvalue weighted by Gasteiger charge is 2.18.